The Bertz CT molecular complexity index is 1000. The molecule has 1 aromatic rings. The lowest BCUT2D eigenvalue weighted by atomic mass is 9.58. The van der Waals surface area contributed by atoms with Gasteiger partial charge in [0.1, 0.15) is 5.75 Å². The smallest absolute Gasteiger partial charge is 0.455 e. The normalized spacial score (nSPS) is 27.4. The van der Waals surface area contributed by atoms with Gasteiger partial charge in [-0.2, -0.15) is 0 Å². The van der Waals surface area contributed by atoms with Gasteiger partial charge in [-0.3, -0.25) is 14.5 Å². The topological polar surface area (TPSA) is 87.1 Å². The summed E-state index contributed by atoms with van der Waals surface area (Å²) in [7, 11) is -0.940. The zero-order valence-electron chi connectivity index (χ0n) is 20.5. The highest BCUT2D eigenvalue weighted by atomic mass is 16.5. The third kappa shape index (κ3) is 4.73. The second kappa shape index (κ2) is 10.5. The summed E-state index contributed by atoms with van der Waals surface area (Å²) < 4.78 is 6.02. The van der Waals surface area contributed by atoms with Crippen molar-refractivity contribution in [2.24, 2.45) is 17.8 Å². The lowest BCUT2D eigenvalue weighted by molar-refractivity contribution is -0.140. The SMILES string of the molecule is CCC/C(=C\c1ccccc1O)CC[C@H]1OB(O)C[C@H]2C1=C(C)C[C@H]1C(=O)N(CCC)C(=O)[C@H]12. The molecule has 0 bridgehead atoms. The molecule has 34 heavy (non-hydrogen) atoms. The Morgan fingerprint density at radius 2 is 1.91 bits per heavy atom. The van der Waals surface area contributed by atoms with Gasteiger partial charge in [-0.15, -0.1) is 0 Å². The van der Waals surface area contributed by atoms with Crippen LogP contribution in [0.1, 0.15) is 64.9 Å². The summed E-state index contributed by atoms with van der Waals surface area (Å²) in [6.45, 7) is 6.63. The van der Waals surface area contributed by atoms with Gasteiger partial charge in [-0.1, -0.05) is 55.7 Å². The van der Waals surface area contributed by atoms with Crippen LogP contribution in [0.5, 0.6) is 5.75 Å². The minimum absolute atomic E-state index is 0.0522. The summed E-state index contributed by atoms with van der Waals surface area (Å²) >= 11 is 0. The summed E-state index contributed by atoms with van der Waals surface area (Å²) in [6.07, 6.45) is 6.84. The Balaban J connectivity index is 1.57. The minimum atomic E-state index is -0.940. The molecule has 0 saturated carbocycles. The number of hydrogen-bond acceptors (Lipinski definition) is 5. The average molecular weight is 465 g/mol. The Morgan fingerprint density at radius 1 is 1.15 bits per heavy atom. The third-order valence-corrected chi connectivity index (χ3v) is 7.59. The molecule has 2 heterocycles. The highest BCUT2D eigenvalue weighted by Gasteiger charge is 2.56. The Labute approximate surface area is 202 Å². The number of phenolic OH excluding ortho intramolecular Hbond substituents is 1. The lowest BCUT2D eigenvalue weighted by Gasteiger charge is -2.42. The molecule has 0 aromatic heterocycles. The molecular formula is C27H36BNO5. The molecule has 2 saturated heterocycles. The molecule has 4 rings (SSSR count). The van der Waals surface area contributed by atoms with E-state index in [0.717, 1.165) is 42.4 Å². The van der Waals surface area contributed by atoms with Gasteiger partial charge in [-0.25, -0.2) is 0 Å². The van der Waals surface area contributed by atoms with Crippen molar-refractivity contribution in [2.45, 2.75) is 71.7 Å². The van der Waals surface area contributed by atoms with Gasteiger partial charge in [0.05, 0.1) is 17.9 Å². The maximum Gasteiger partial charge on any atom is 0.455 e. The highest BCUT2D eigenvalue weighted by Crippen LogP contribution is 2.50. The van der Waals surface area contributed by atoms with Crippen molar-refractivity contribution in [1.29, 1.82) is 0 Å². The van der Waals surface area contributed by atoms with Crippen LogP contribution in [-0.2, 0) is 14.2 Å². The lowest BCUT2D eigenvalue weighted by Crippen LogP contribution is -2.46. The average Bonchev–Trinajstić information content (AvgIpc) is 3.03. The van der Waals surface area contributed by atoms with Crippen molar-refractivity contribution in [3.63, 3.8) is 0 Å². The molecular weight excluding hydrogens is 429 g/mol. The van der Waals surface area contributed by atoms with Gasteiger partial charge < -0.3 is 14.8 Å². The largest absolute Gasteiger partial charge is 0.507 e. The quantitative estimate of drug-likeness (QED) is 0.333. The Hall–Kier alpha value is -2.38. The second-order valence-corrected chi connectivity index (χ2v) is 9.97. The molecule has 0 unspecified atom stereocenters. The highest BCUT2D eigenvalue weighted by molar-refractivity contribution is 6.43. The summed E-state index contributed by atoms with van der Waals surface area (Å²) in [5, 5.41) is 20.8. The van der Waals surface area contributed by atoms with Crippen LogP contribution in [0.15, 0.2) is 41.0 Å². The first-order valence-electron chi connectivity index (χ1n) is 12.7. The van der Waals surface area contributed by atoms with Crippen LogP contribution in [0.2, 0.25) is 6.32 Å². The Kier molecular flexibility index (Phi) is 7.63. The van der Waals surface area contributed by atoms with E-state index in [1.807, 2.05) is 25.1 Å². The van der Waals surface area contributed by atoms with Gasteiger partial charge in [0.15, 0.2) is 0 Å². The molecule has 0 spiro atoms. The van der Waals surface area contributed by atoms with E-state index in [-0.39, 0.29) is 41.4 Å². The van der Waals surface area contributed by atoms with Crippen LogP contribution in [0, 0.1) is 17.8 Å². The van der Waals surface area contributed by atoms with Crippen molar-refractivity contribution in [1.82, 2.24) is 4.90 Å². The van der Waals surface area contributed by atoms with E-state index in [1.54, 1.807) is 6.07 Å². The number of amides is 2. The second-order valence-electron chi connectivity index (χ2n) is 9.97. The van der Waals surface area contributed by atoms with E-state index in [9.17, 15) is 19.7 Å². The van der Waals surface area contributed by atoms with Crippen LogP contribution in [0.4, 0.5) is 0 Å². The zero-order chi connectivity index (χ0) is 24.4. The number of carbonyl (C=O) groups excluding carboxylic acids is 2. The van der Waals surface area contributed by atoms with E-state index >= 15 is 0 Å². The molecule has 6 nitrogen and oxygen atoms in total. The van der Waals surface area contributed by atoms with Crippen LogP contribution in [-0.4, -0.2) is 46.6 Å². The first-order valence-corrected chi connectivity index (χ1v) is 12.7. The zero-order valence-corrected chi connectivity index (χ0v) is 20.5. The molecule has 3 aliphatic rings. The number of carbonyl (C=O) groups is 2. The van der Waals surface area contributed by atoms with E-state index in [0.29, 0.717) is 25.7 Å². The number of fused-ring (bicyclic) bond motifs is 3. The maximum absolute atomic E-state index is 13.2. The molecule has 2 fully saturated rings. The number of para-hydroxylation sites is 1. The molecule has 2 N–H and O–H groups in total. The van der Waals surface area contributed by atoms with E-state index in [1.165, 1.54) is 10.5 Å². The summed E-state index contributed by atoms with van der Waals surface area (Å²) in [4.78, 5) is 27.6. The molecule has 1 aliphatic carbocycles. The molecule has 1 aromatic carbocycles. The summed E-state index contributed by atoms with van der Waals surface area (Å²) in [6, 6.07) is 7.32. The van der Waals surface area contributed by atoms with E-state index < -0.39 is 7.12 Å². The van der Waals surface area contributed by atoms with Crippen LogP contribution < -0.4 is 0 Å². The van der Waals surface area contributed by atoms with Crippen LogP contribution in [0.25, 0.3) is 6.08 Å². The predicted octanol–water partition coefficient (Wildman–Crippen LogP) is 4.58. The van der Waals surface area contributed by atoms with Crippen LogP contribution >= 0.6 is 0 Å². The third-order valence-electron chi connectivity index (χ3n) is 7.59. The number of nitrogens with zero attached hydrogens (tertiary/aromatic N) is 1. The van der Waals surface area contributed by atoms with Crippen molar-refractivity contribution in [3.8, 4) is 5.75 Å². The number of rotatable bonds is 8. The summed E-state index contributed by atoms with van der Waals surface area (Å²) in [5.74, 6) is -0.712. The number of benzene rings is 1. The molecule has 2 aliphatic heterocycles. The molecule has 2 amide bonds. The van der Waals surface area contributed by atoms with Gasteiger partial charge in [0.2, 0.25) is 11.8 Å². The fourth-order valence-corrected chi connectivity index (χ4v) is 6.17. The molecule has 182 valence electrons. The predicted molar refractivity (Wildman–Crippen MR) is 133 cm³/mol. The first-order chi connectivity index (χ1) is 16.3. The first kappa shape index (κ1) is 24.7. The monoisotopic (exact) mass is 465 g/mol. The van der Waals surface area contributed by atoms with Crippen molar-refractivity contribution >= 4 is 25.0 Å². The van der Waals surface area contributed by atoms with E-state index in [4.69, 9.17) is 4.65 Å². The Morgan fingerprint density at radius 3 is 2.62 bits per heavy atom. The minimum Gasteiger partial charge on any atom is -0.507 e. The van der Waals surface area contributed by atoms with E-state index in [2.05, 4.69) is 19.9 Å². The summed E-state index contributed by atoms with van der Waals surface area (Å²) in [5.41, 5.74) is 4.27. The standard InChI is InChI=1S/C27H36BNO5/c1-4-8-18(15-19-9-6-7-10-22(19)30)11-12-23-24-17(3)14-20-25(21(24)16-28(33)34-23)27(32)29(13-5-2)26(20)31/h6-7,9-10,15,20-21,23,25,30,33H,4-5,8,11-14,16H2,1-3H3/b18-15+/t20-,21+,23-,25-/m1/s1. The fraction of sp³-hybridized carbons (Fsp3) is 0.556. The fourth-order valence-electron chi connectivity index (χ4n) is 6.17. The molecule has 0 radical (unpaired) electrons. The number of phenols is 1. The number of hydrogen-bond donors (Lipinski definition) is 2. The van der Waals surface area contributed by atoms with Crippen molar-refractivity contribution in [3.05, 3.63) is 46.5 Å². The molecule has 7 heteroatoms. The number of aromatic hydroxyl groups is 1. The van der Waals surface area contributed by atoms with Gasteiger partial charge >= 0.3 is 7.12 Å². The molecule has 4 atom stereocenters. The van der Waals surface area contributed by atoms with Crippen molar-refractivity contribution < 1.29 is 24.4 Å². The van der Waals surface area contributed by atoms with Gasteiger partial charge in [0.25, 0.3) is 0 Å². The number of likely N-dealkylation sites (tertiary alicyclic amines) is 1. The number of allylic oxidation sites excluding steroid dienone is 2. The van der Waals surface area contributed by atoms with Crippen molar-refractivity contribution in [2.75, 3.05) is 6.54 Å². The number of imide groups is 1. The van der Waals surface area contributed by atoms with Gasteiger partial charge in [-0.05, 0) is 62.9 Å². The maximum atomic E-state index is 13.2. The van der Waals surface area contributed by atoms with Crippen LogP contribution in [0.3, 0.4) is 0 Å². The van der Waals surface area contributed by atoms with Gasteiger partial charge in [0, 0.05) is 12.1 Å².